The van der Waals surface area contributed by atoms with E-state index in [1.807, 2.05) is 45.9 Å². The van der Waals surface area contributed by atoms with E-state index in [2.05, 4.69) is 13.8 Å². The summed E-state index contributed by atoms with van der Waals surface area (Å²) in [5, 5.41) is 0. The molecular formula is C28H36N2O4S. The van der Waals surface area contributed by atoms with Crippen LogP contribution in [0, 0.1) is 27.7 Å². The van der Waals surface area contributed by atoms with Crippen LogP contribution in [0.5, 0.6) is 0 Å². The summed E-state index contributed by atoms with van der Waals surface area (Å²) in [6, 6.07) is 8.07. The molecule has 2 amide bonds. The van der Waals surface area contributed by atoms with E-state index in [9.17, 15) is 18.0 Å². The number of nitrogens with zero attached hydrogens (tertiary/aromatic N) is 2. The van der Waals surface area contributed by atoms with Crippen molar-refractivity contribution < 1.29 is 18.0 Å². The van der Waals surface area contributed by atoms with Crippen LogP contribution in [0.25, 0.3) is 0 Å². The Bertz CT molecular complexity index is 1230. The number of sulfonamides is 1. The first-order valence-corrected chi connectivity index (χ1v) is 14.0. The van der Waals surface area contributed by atoms with Crippen LogP contribution in [0.4, 0.5) is 5.69 Å². The quantitative estimate of drug-likeness (QED) is 0.508. The Labute approximate surface area is 209 Å². The lowest BCUT2D eigenvalue weighted by molar-refractivity contribution is -0.122. The number of carbonyl (C=O) groups is 2. The van der Waals surface area contributed by atoms with Gasteiger partial charge >= 0.3 is 0 Å². The Hall–Kier alpha value is -2.51. The predicted octanol–water partition coefficient (Wildman–Crippen LogP) is 5.31. The van der Waals surface area contributed by atoms with Gasteiger partial charge in [0.15, 0.2) is 0 Å². The smallest absolute Gasteiger partial charge is 0.252 e. The van der Waals surface area contributed by atoms with Crippen molar-refractivity contribution in [2.45, 2.75) is 96.5 Å². The topological polar surface area (TPSA) is 74.8 Å². The van der Waals surface area contributed by atoms with E-state index in [-0.39, 0.29) is 23.3 Å². The molecule has 1 heterocycles. The molecule has 0 N–H and O–H groups in total. The monoisotopic (exact) mass is 496 g/mol. The zero-order chi connectivity index (χ0) is 25.7. The summed E-state index contributed by atoms with van der Waals surface area (Å²) in [6.07, 6.45) is 3.09. The first kappa shape index (κ1) is 25.6. The van der Waals surface area contributed by atoms with Crippen molar-refractivity contribution in [3.05, 3.63) is 58.1 Å². The summed E-state index contributed by atoms with van der Waals surface area (Å²) in [5.41, 5.74) is 4.82. The second-order valence-electron chi connectivity index (χ2n) is 10.4. The van der Waals surface area contributed by atoms with Crippen LogP contribution in [-0.4, -0.2) is 36.6 Å². The van der Waals surface area contributed by atoms with Gasteiger partial charge in [-0.1, -0.05) is 44.9 Å². The number of benzene rings is 2. The third-order valence-electron chi connectivity index (χ3n) is 7.77. The molecule has 0 spiro atoms. The maximum Gasteiger partial charge on any atom is 0.252 e. The minimum absolute atomic E-state index is 0.136. The SMILES string of the molecule is Cc1cc(C)c(C)c(S(=O)(=O)N(C2CCCC2)C2CC(=O)N(c3ccc(C(C)C)cc3)C2=O)c1C. The van der Waals surface area contributed by atoms with Crippen LogP contribution in [0.2, 0.25) is 0 Å². The molecule has 0 radical (unpaired) electrons. The van der Waals surface area contributed by atoms with Gasteiger partial charge in [0.05, 0.1) is 17.0 Å². The highest BCUT2D eigenvalue weighted by Gasteiger charge is 2.50. The van der Waals surface area contributed by atoms with Gasteiger partial charge in [-0.15, -0.1) is 0 Å². The highest BCUT2D eigenvalue weighted by atomic mass is 32.2. The second kappa shape index (κ2) is 9.51. The van der Waals surface area contributed by atoms with Crippen molar-refractivity contribution in [2.75, 3.05) is 4.90 Å². The van der Waals surface area contributed by atoms with Gasteiger partial charge in [0.2, 0.25) is 15.9 Å². The molecule has 2 aromatic carbocycles. The fourth-order valence-corrected chi connectivity index (χ4v) is 7.95. The Morgan fingerprint density at radius 3 is 1.97 bits per heavy atom. The summed E-state index contributed by atoms with van der Waals surface area (Å²) in [4.78, 5) is 28.3. The molecular weight excluding hydrogens is 460 g/mol. The molecule has 0 aromatic heterocycles. The Balaban J connectivity index is 1.79. The first-order chi connectivity index (χ1) is 16.4. The fourth-order valence-electron chi connectivity index (χ4n) is 5.54. The lowest BCUT2D eigenvalue weighted by Crippen LogP contribution is -2.50. The fraction of sp³-hybridized carbons (Fsp3) is 0.500. The Kier molecular flexibility index (Phi) is 6.95. The maximum absolute atomic E-state index is 14.3. The van der Waals surface area contributed by atoms with E-state index in [1.165, 1.54) is 9.21 Å². The van der Waals surface area contributed by atoms with Gasteiger partial charge in [-0.3, -0.25) is 9.59 Å². The molecule has 6 nitrogen and oxygen atoms in total. The number of amides is 2. The van der Waals surface area contributed by atoms with Gasteiger partial charge in [-0.05, 0) is 86.4 Å². The number of anilines is 1. The third kappa shape index (κ3) is 4.45. The molecule has 1 unspecified atom stereocenters. The van der Waals surface area contributed by atoms with Crippen LogP contribution in [0.15, 0.2) is 35.2 Å². The number of aryl methyl sites for hydroxylation is 2. The largest absolute Gasteiger partial charge is 0.274 e. The predicted molar refractivity (Wildman–Crippen MR) is 138 cm³/mol. The summed E-state index contributed by atoms with van der Waals surface area (Å²) >= 11 is 0. The second-order valence-corrected chi connectivity index (χ2v) is 12.2. The van der Waals surface area contributed by atoms with E-state index in [4.69, 9.17) is 0 Å². The summed E-state index contributed by atoms with van der Waals surface area (Å²) in [6.45, 7) is 11.6. The maximum atomic E-state index is 14.3. The van der Waals surface area contributed by atoms with Crippen LogP contribution >= 0.6 is 0 Å². The third-order valence-corrected chi connectivity index (χ3v) is 10.0. The van der Waals surface area contributed by atoms with Crippen molar-refractivity contribution >= 4 is 27.5 Å². The molecule has 188 valence electrons. The van der Waals surface area contributed by atoms with Crippen molar-refractivity contribution in [2.24, 2.45) is 0 Å². The standard InChI is InChI=1S/C28H36N2O4S/c1-17(2)22-11-13-23(14-12-22)29-26(31)16-25(28(29)32)30(24-9-7-8-10-24)35(33,34)27-20(5)18(3)15-19(4)21(27)6/h11-15,17,24-25H,7-10,16H2,1-6H3. The number of carbonyl (C=O) groups excluding carboxylic acids is 2. The lowest BCUT2D eigenvalue weighted by atomic mass is 10.0. The van der Waals surface area contributed by atoms with E-state index >= 15 is 0 Å². The van der Waals surface area contributed by atoms with E-state index in [1.54, 1.807) is 12.1 Å². The molecule has 2 aliphatic rings. The van der Waals surface area contributed by atoms with Crippen LogP contribution in [0.1, 0.15) is 79.7 Å². The van der Waals surface area contributed by atoms with Gasteiger partial charge in [0.25, 0.3) is 5.91 Å². The van der Waals surface area contributed by atoms with Crippen molar-refractivity contribution in [1.29, 1.82) is 0 Å². The molecule has 1 aliphatic carbocycles. The average molecular weight is 497 g/mol. The molecule has 35 heavy (non-hydrogen) atoms. The first-order valence-electron chi connectivity index (χ1n) is 12.5. The van der Waals surface area contributed by atoms with Gasteiger partial charge in [0, 0.05) is 6.04 Å². The van der Waals surface area contributed by atoms with Crippen LogP contribution in [-0.2, 0) is 19.6 Å². The number of imide groups is 1. The highest BCUT2D eigenvalue weighted by molar-refractivity contribution is 7.89. The number of rotatable bonds is 6. The summed E-state index contributed by atoms with van der Waals surface area (Å²) in [5.74, 6) is -0.485. The van der Waals surface area contributed by atoms with Gasteiger partial charge < -0.3 is 0 Å². The Morgan fingerprint density at radius 1 is 0.914 bits per heavy atom. The van der Waals surface area contributed by atoms with Gasteiger partial charge in [-0.2, -0.15) is 4.31 Å². The molecule has 4 rings (SSSR count). The van der Waals surface area contributed by atoms with Crippen LogP contribution in [0.3, 0.4) is 0 Å². The molecule has 1 saturated heterocycles. The zero-order valence-electron chi connectivity index (χ0n) is 21.6. The van der Waals surface area contributed by atoms with Crippen molar-refractivity contribution in [3.63, 3.8) is 0 Å². The number of hydrogen-bond acceptors (Lipinski definition) is 4. The Morgan fingerprint density at radius 2 is 1.46 bits per heavy atom. The van der Waals surface area contributed by atoms with E-state index < -0.39 is 22.0 Å². The van der Waals surface area contributed by atoms with Gasteiger partial charge in [-0.25, -0.2) is 13.3 Å². The average Bonchev–Trinajstić information content (AvgIpc) is 3.41. The zero-order valence-corrected chi connectivity index (χ0v) is 22.4. The lowest BCUT2D eigenvalue weighted by Gasteiger charge is -2.33. The molecule has 2 aromatic rings. The minimum atomic E-state index is -4.02. The normalized spacial score (nSPS) is 19.5. The molecule has 1 saturated carbocycles. The molecule has 1 aliphatic heterocycles. The molecule has 0 bridgehead atoms. The van der Waals surface area contributed by atoms with E-state index in [0.717, 1.165) is 29.5 Å². The molecule has 7 heteroatoms. The molecule has 2 fully saturated rings. The summed E-state index contributed by atoms with van der Waals surface area (Å²) < 4.78 is 30.0. The van der Waals surface area contributed by atoms with Crippen molar-refractivity contribution in [3.8, 4) is 0 Å². The minimum Gasteiger partial charge on any atom is -0.274 e. The van der Waals surface area contributed by atoms with Crippen molar-refractivity contribution in [1.82, 2.24) is 4.31 Å². The van der Waals surface area contributed by atoms with E-state index in [0.29, 0.717) is 35.6 Å². The highest BCUT2D eigenvalue weighted by Crippen LogP contribution is 2.38. The van der Waals surface area contributed by atoms with Crippen LogP contribution < -0.4 is 4.90 Å². The van der Waals surface area contributed by atoms with Gasteiger partial charge in [0.1, 0.15) is 6.04 Å². The number of hydrogen-bond donors (Lipinski definition) is 0. The summed E-state index contributed by atoms with van der Waals surface area (Å²) in [7, 11) is -4.02. The molecule has 1 atom stereocenters.